The maximum absolute atomic E-state index is 14.1. The van der Waals surface area contributed by atoms with Crippen LogP contribution in [0, 0.1) is 6.92 Å². The number of allylic oxidation sites excluding steroid dienone is 1. The highest BCUT2D eigenvalue weighted by molar-refractivity contribution is 6.22. The van der Waals surface area contributed by atoms with Crippen LogP contribution in [0.25, 0.3) is 10.9 Å². The first-order valence-corrected chi connectivity index (χ1v) is 14.9. The molecule has 7 rings (SSSR count). The molecular weight excluding hydrogens is 524 g/mol. The molecule has 2 unspecified atom stereocenters. The quantitative estimate of drug-likeness (QED) is 0.207. The van der Waals surface area contributed by atoms with E-state index in [2.05, 4.69) is 22.4 Å². The number of H-pyrrole nitrogens is 1. The van der Waals surface area contributed by atoms with E-state index in [1.807, 2.05) is 49.4 Å². The van der Waals surface area contributed by atoms with Gasteiger partial charge in [-0.15, -0.1) is 0 Å². The van der Waals surface area contributed by atoms with Gasteiger partial charge in [-0.1, -0.05) is 54.1 Å². The minimum Gasteiger partial charge on any atom is -0.356 e. The smallest absolute Gasteiger partial charge is 0.332 e. The van der Waals surface area contributed by atoms with Gasteiger partial charge in [-0.25, -0.2) is 9.69 Å². The van der Waals surface area contributed by atoms with Gasteiger partial charge in [-0.05, 0) is 86.1 Å². The van der Waals surface area contributed by atoms with Crippen molar-refractivity contribution in [3.63, 3.8) is 0 Å². The number of para-hydroxylation sites is 1. The molecule has 0 radical (unpaired) electrons. The molecule has 1 aromatic heterocycles. The molecule has 1 aliphatic carbocycles. The van der Waals surface area contributed by atoms with Crippen molar-refractivity contribution in [1.29, 1.82) is 0 Å². The Balaban J connectivity index is 1.16. The molecule has 7 nitrogen and oxygen atoms in total. The Morgan fingerprint density at radius 1 is 0.976 bits per heavy atom. The number of benzene rings is 3. The van der Waals surface area contributed by atoms with E-state index >= 15 is 0 Å². The second-order valence-electron chi connectivity index (χ2n) is 11.6. The third-order valence-electron chi connectivity index (χ3n) is 9.04. The van der Waals surface area contributed by atoms with Crippen molar-refractivity contribution >= 4 is 34.4 Å². The van der Waals surface area contributed by atoms with Crippen LogP contribution in [0.3, 0.4) is 0 Å². The standard InChI is InChI=1S/C35H34N4O3/c1-22-9-5-6-12-26(22)32-31-28(27-13-7-8-14-29(27)37-31)21-30-34(41)38(35(42)39(30)32)25-17-15-24(16-18-25)33(40)36-20-19-23-10-3-2-4-11-23/h5-10,12-18,30,32,37H,2-4,11,19-21H2,1H3,(H,36,40). The average Bonchev–Trinajstić information content (AvgIpc) is 3.51. The Hall–Kier alpha value is -4.65. The Morgan fingerprint density at radius 3 is 2.55 bits per heavy atom. The summed E-state index contributed by atoms with van der Waals surface area (Å²) in [5, 5.41) is 4.09. The summed E-state index contributed by atoms with van der Waals surface area (Å²) in [6.07, 6.45) is 8.33. The first-order chi connectivity index (χ1) is 20.5. The highest BCUT2D eigenvalue weighted by Crippen LogP contribution is 2.45. The number of nitrogens with one attached hydrogen (secondary N) is 2. The highest BCUT2D eigenvalue weighted by Gasteiger charge is 2.53. The van der Waals surface area contributed by atoms with Crippen LogP contribution >= 0.6 is 0 Å². The van der Waals surface area contributed by atoms with E-state index in [0.717, 1.165) is 52.5 Å². The number of anilines is 1. The number of carbonyl (C=O) groups is 3. The minimum absolute atomic E-state index is 0.153. The lowest BCUT2D eigenvalue weighted by Gasteiger charge is -2.36. The SMILES string of the molecule is Cc1ccccc1C1c2[nH]c3ccccc3c2CC2C(=O)N(c3ccc(C(=O)NCCC4=CCCCC4)cc3)C(=O)N21. The predicted octanol–water partition coefficient (Wildman–Crippen LogP) is 6.58. The monoisotopic (exact) mass is 558 g/mol. The molecular formula is C35H34N4O3. The van der Waals surface area contributed by atoms with Crippen LogP contribution in [0.2, 0.25) is 0 Å². The van der Waals surface area contributed by atoms with Gasteiger partial charge >= 0.3 is 6.03 Å². The maximum atomic E-state index is 14.1. The number of hydrogen-bond acceptors (Lipinski definition) is 3. The average molecular weight is 559 g/mol. The number of hydrogen-bond donors (Lipinski definition) is 2. The molecule has 3 heterocycles. The number of aromatic nitrogens is 1. The lowest BCUT2D eigenvalue weighted by atomic mass is 9.87. The number of rotatable bonds is 6. The molecule has 2 aliphatic heterocycles. The van der Waals surface area contributed by atoms with Gasteiger partial charge in [0.25, 0.3) is 11.8 Å². The van der Waals surface area contributed by atoms with Gasteiger partial charge in [-0.3, -0.25) is 14.5 Å². The molecule has 2 atom stereocenters. The number of aromatic amines is 1. The Bertz CT molecular complexity index is 1730. The molecule has 3 aliphatic rings. The molecule has 1 saturated heterocycles. The van der Waals surface area contributed by atoms with Crippen LogP contribution in [-0.2, 0) is 11.2 Å². The predicted molar refractivity (Wildman–Crippen MR) is 163 cm³/mol. The van der Waals surface area contributed by atoms with Crippen molar-refractivity contribution in [3.05, 3.63) is 112 Å². The molecule has 0 saturated carbocycles. The van der Waals surface area contributed by atoms with E-state index in [0.29, 0.717) is 24.2 Å². The van der Waals surface area contributed by atoms with Gasteiger partial charge in [0.1, 0.15) is 12.1 Å². The second-order valence-corrected chi connectivity index (χ2v) is 11.6. The van der Waals surface area contributed by atoms with Crippen molar-refractivity contribution < 1.29 is 14.4 Å². The van der Waals surface area contributed by atoms with Gasteiger partial charge < -0.3 is 10.3 Å². The first kappa shape index (κ1) is 26.3. The summed E-state index contributed by atoms with van der Waals surface area (Å²) >= 11 is 0. The lowest BCUT2D eigenvalue weighted by Crippen LogP contribution is -2.44. The topological polar surface area (TPSA) is 85.5 Å². The summed E-state index contributed by atoms with van der Waals surface area (Å²) in [6.45, 7) is 2.64. The third-order valence-corrected chi connectivity index (χ3v) is 9.04. The summed E-state index contributed by atoms with van der Waals surface area (Å²) in [6, 6.07) is 21.5. The molecule has 3 aromatic carbocycles. The molecule has 4 aromatic rings. The van der Waals surface area contributed by atoms with Crippen molar-refractivity contribution in [2.24, 2.45) is 0 Å². The van der Waals surface area contributed by atoms with Crippen LogP contribution in [-0.4, -0.2) is 40.3 Å². The molecule has 212 valence electrons. The molecule has 4 amide bonds. The number of nitrogens with zero attached hydrogens (tertiary/aromatic N) is 2. The van der Waals surface area contributed by atoms with Gasteiger partial charge in [0.2, 0.25) is 0 Å². The number of amides is 4. The van der Waals surface area contributed by atoms with Crippen LogP contribution in [0.5, 0.6) is 0 Å². The fourth-order valence-corrected chi connectivity index (χ4v) is 6.86. The number of imide groups is 1. The zero-order valence-corrected chi connectivity index (χ0v) is 23.7. The Morgan fingerprint density at radius 2 is 1.76 bits per heavy atom. The van der Waals surface area contributed by atoms with Crippen molar-refractivity contribution in [3.8, 4) is 0 Å². The maximum Gasteiger partial charge on any atom is 0.332 e. The van der Waals surface area contributed by atoms with Crippen LogP contribution < -0.4 is 10.2 Å². The fourth-order valence-electron chi connectivity index (χ4n) is 6.86. The third kappa shape index (κ3) is 4.40. The molecule has 7 heteroatoms. The number of fused-ring (bicyclic) bond motifs is 4. The second kappa shape index (κ2) is 10.6. The first-order valence-electron chi connectivity index (χ1n) is 14.9. The number of urea groups is 1. The molecule has 0 spiro atoms. The summed E-state index contributed by atoms with van der Waals surface area (Å²) < 4.78 is 0. The molecule has 2 N–H and O–H groups in total. The molecule has 42 heavy (non-hydrogen) atoms. The zero-order chi connectivity index (χ0) is 28.8. The largest absolute Gasteiger partial charge is 0.356 e. The summed E-state index contributed by atoms with van der Waals surface area (Å²) in [5.74, 6) is -0.396. The van der Waals surface area contributed by atoms with Gasteiger partial charge in [0.05, 0.1) is 5.69 Å². The number of carbonyl (C=O) groups excluding carboxylic acids is 3. The van der Waals surface area contributed by atoms with E-state index in [1.54, 1.807) is 29.2 Å². The van der Waals surface area contributed by atoms with E-state index in [9.17, 15) is 14.4 Å². The van der Waals surface area contributed by atoms with Crippen molar-refractivity contribution in [2.45, 2.75) is 57.5 Å². The van der Waals surface area contributed by atoms with Gasteiger partial charge in [-0.2, -0.15) is 0 Å². The molecule has 1 fully saturated rings. The number of aryl methyl sites for hydroxylation is 1. The van der Waals surface area contributed by atoms with Crippen LogP contribution in [0.1, 0.15) is 70.9 Å². The minimum atomic E-state index is -0.620. The van der Waals surface area contributed by atoms with Crippen molar-refractivity contribution in [2.75, 3.05) is 11.4 Å². The molecule has 0 bridgehead atoms. The summed E-state index contributed by atoms with van der Waals surface area (Å²) in [4.78, 5) is 47.5. The van der Waals surface area contributed by atoms with Crippen LogP contribution in [0.4, 0.5) is 10.5 Å². The van der Waals surface area contributed by atoms with Gasteiger partial charge in [0.15, 0.2) is 0 Å². The van der Waals surface area contributed by atoms with Crippen molar-refractivity contribution in [1.82, 2.24) is 15.2 Å². The van der Waals surface area contributed by atoms with E-state index in [-0.39, 0.29) is 17.8 Å². The highest BCUT2D eigenvalue weighted by atomic mass is 16.2. The van der Waals surface area contributed by atoms with E-state index in [4.69, 9.17) is 0 Å². The summed E-state index contributed by atoms with van der Waals surface area (Å²) in [5.41, 5.74) is 7.49. The van der Waals surface area contributed by atoms with Gasteiger partial charge in [0, 0.05) is 35.1 Å². The Kier molecular flexibility index (Phi) is 6.65. The summed E-state index contributed by atoms with van der Waals surface area (Å²) in [7, 11) is 0. The van der Waals surface area contributed by atoms with E-state index < -0.39 is 12.1 Å². The Labute approximate surface area is 245 Å². The van der Waals surface area contributed by atoms with E-state index in [1.165, 1.54) is 23.3 Å². The van der Waals surface area contributed by atoms with Crippen LogP contribution in [0.15, 0.2) is 84.4 Å². The lowest BCUT2D eigenvalue weighted by molar-refractivity contribution is -0.120. The normalized spacial score (nSPS) is 20.0. The zero-order valence-electron chi connectivity index (χ0n) is 23.7. The fraction of sp³-hybridized carbons (Fsp3) is 0.286.